The number of benzene rings is 1. The zero-order valence-electron chi connectivity index (χ0n) is 12.1. The summed E-state index contributed by atoms with van der Waals surface area (Å²) in [5.41, 5.74) is 7.82. The number of nitrogens with two attached hydrogens (primary N) is 1. The van der Waals surface area contributed by atoms with E-state index in [-0.39, 0.29) is 18.6 Å². The molecule has 1 unspecified atom stereocenters. The second-order valence-corrected chi connectivity index (χ2v) is 4.98. The SMILES string of the molecule is CCCCN1C(=O)COc2ccc(C(N)COC)cc21. The molecular weight excluding hydrogens is 256 g/mol. The van der Waals surface area contributed by atoms with Gasteiger partial charge >= 0.3 is 0 Å². The molecule has 1 heterocycles. The lowest BCUT2D eigenvalue weighted by Crippen LogP contribution is -2.39. The molecule has 0 aromatic heterocycles. The summed E-state index contributed by atoms with van der Waals surface area (Å²) in [7, 11) is 1.62. The zero-order chi connectivity index (χ0) is 14.5. The summed E-state index contributed by atoms with van der Waals surface area (Å²) in [6.45, 7) is 3.38. The van der Waals surface area contributed by atoms with Gasteiger partial charge in [0, 0.05) is 13.7 Å². The third-order valence-electron chi connectivity index (χ3n) is 3.44. The Morgan fingerprint density at radius 2 is 2.30 bits per heavy atom. The first-order valence-corrected chi connectivity index (χ1v) is 6.99. The minimum atomic E-state index is -0.199. The van der Waals surface area contributed by atoms with Gasteiger partial charge in [-0.15, -0.1) is 0 Å². The summed E-state index contributed by atoms with van der Waals surface area (Å²) in [5.74, 6) is 0.748. The van der Waals surface area contributed by atoms with Crippen molar-refractivity contribution in [3.8, 4) is 5.75 Å². The van der Waals surface area contributed by atoms with E-state index in [0.717, 1.165) is 29.8 Å². The third kappa shape index (κ3) is 3.11. The number of amides is 1. The molecule has 20 heavy (non-hydrogen) atoms. The minimum absolute atomic E-state index is 0.00316. The Morgan fingerprint density at radius 1 is 1.50 bits per heavy atom. The molecule has 1 aromatic carbocycles. The average molecular weight is 278 g/mol. The topological polar surface area (TPSA) is 64.8 Å². The van der Waals surface area contributed by atoms with E-state index in [2.05, 4.69) is 6.92 Å². The van der Waals surface area contributed by atoms with Gasteiger partial charge in [0.25, 0.3) is 5.91 Å². The van der Waals surface area contributed by atoms with Crippen molar-refractivity contribution in [3.05, 3.63) is 23.8 Å². The van der Waals surface area contributed by atoms with Crippen LogP contribution in [0.3, 0.4) is 0 Å². The Morgan fingerprint density at radius 3 is 3.00 bits per heavy atom. The van der Waals surface area contributed by atoms with Crippen molar-refractivity contribution >= 4 is 11.6 Å². The average Bonchev–Trinajstić information content (AvgIpc) is 2.46. The highest BCUT2D eigenvalue weighted by atomic mass is 16.5. The van der Waals surface area contributed by atoms with Crippen molar-refractivity contribution in [1.29, 1.82) is 0 Å². The van der Waals surface area contributed by atoms with Gasteiger partial charge in [-0.05, 0) is 24.1 Å². The molecule has 1 aliphatic rings. The molecule has 0 bridgehead atoms. The second-order valence-electron chi connectivity index (χ2n) is 4.98. The van der Waals surface area contributed by atoms with Crippen molar-refractivity contribution in [1.82, 2.24) is 0 Å². The highest BCUT2D eigenvalue weighted by Gasteiger charge is 2.25. The highest BCUT2D eigenvalue weighted by molar-refractivity contribution is 5.97. The third-order valence-corrected chi connectivity index (χ3v) is 3.44. The molecule has 1 aromatic rings. The first-order valence-electron chi connectivity index (χ1n) is 6.99. The standard InChI is InChI=1S/C15H22N2O3/c1-3-4-7-17-13-8-11(12(16)9-19-2)5-6-14(13)20-10-15(17)18/h5-6,8,12H,3-4,7,9-10,16H2,1-2H3. The summed E-state index contributed by atoms with van der Waals surface area (Å²) >= 11 is 0. The number of nitrogens with zero attached hydrogens (tertiary/aromatic N) is 1. The van der Waals surface area contributed by atoms with Crippen LogP contribution in [0, 0.1) is 0 Å². The van der Waals surface area contributed by atoms with E-state index < -0.39 is 0 Å². The Balaban J connectivity index is 2.28. The lowest BCUT2D eigenvalue weighted by Gasteiger charge is -2.30. The van der Waals surface area contributed by atoms with Crippen LogP contribution in [0.5, 0.6) is 5.75 Å². The van der Waals surface area contributed by atoms with Gasteiger partial charge in [-0.3, -0.25) is 4.79 Å². The van der Waals surface area contributed by atoms with Crippen LogP contribution in [0.2, 0.25) is 0 Å². The lowest BCUT2D eigenvalue weighted by atomic mass is 10.1. The smallest absolute Gasteiger partial charge is 0.265 e. The van der Waals surface area contributed by atoms with Crippen LogP contribution < -0.4 is 15.4 Å². The number of hydrogen-bond donors (Lipinski definition) is 1. The van der Waals surface area contributed by atoms with Crippen molar-refractivity contribution in [2.24, 2.45) is 5.73 Å². The van der Waals surface area contributed by atoms with E-state index in [1.54, 1.807) is 12.0 Å². The maximum atomic E-state index is 12.0. The largest absolute Gasteiger partial charge is 0.482 e. The molecule has 5 heteroatoms. The molecule has 0 saturated carbocycles. The molecule has 2 rings (SSSR count). The number of carbonyl (C=O) groups excluding carboxylic acids is 1. The van der Waals surface area contributed by atoms with E-state index in [0.29, 0.717) is 13.2 Å². The van der Waals surface area contributed by atoms with Gasteiger partial charge in [-0.1, -0.05) is 19.4 Å². The zero-order valence-corrected chi connectivity index (χ0v) is 12.1. The van der Waals surface area contributed by atoms with Crippen molar-refractivity contribution < 1.29 is 14.3 Å². The number of unbranched alkanes of at least 4 members (excludes halogenated alkanes) is 1. The predicted molar refractivity (Wildman–Crippen MR) is 78.0 cm³/mol. The Labute approximate surface area is 119 Å². The number of methoxy groups -OCH3 is 1. The fraction of sp³-hybridized carbons (Fsp3) is 0.533. The maximum Gasteiger partial charge on any atom is 0.265 e. The first kappa shape index (κ1) is 14.8. The molecule has 2 N–H and O–H groups in total. The van der Waals surface area contributed by atoms with E-state index in [1.807, 2.05) is 18.2 Å². The summed E-state index contributed by atoms with van der Waals surface area (Å²) in [6, 6.07) is 5.54. The molecule has 110 valence electrons. The normalized spacial score (nSPS) is 15.8. The molecule has 1 aliphatic heterocycles. The number of hydrogen-bond acceptors (Lipinski definition) is 4. The fourth-order valence-corrected chi connectivity index (χ4v) is 2.29. The molecule has 0 fully saturated rings. The summed E-state index contributed by atoms with van der Waals surface area (Å²) in [6.07, 6.45) is 2.02. The van der Waals surface area contributed by atoms with Crippen LogP contribution in [-0.2, 0) is 9.53 Å². The molecule has 0 saturated heterocycles. The molecule has 1 atom stereocenters. The van der Waals surface area contributed by atoms with Gasteiger partial charge in [0.05, 0.1) is 18.3 Å². The minimum Gasteiger partial charge on any atom is -0.482 e. The van der Waals surface area contributed by atoms with Gasteiger partial charge in [-0.2, -0.15) is 0 Å². The van der Waals surface area contributed by atoms with Crippen LogP contribution in [0.4, 0.5) is 5.69 Å². The van der Waals surface area contributed by atoms with Crippen LogP contribution in [0.25, 0.3) is 0 Å². The second kappa shape index (κ2) is 6.72. The molecule has 0 aliphatic carbocycles. The molecule has 1 amide bonds. The van der Waals surface area contributed by atoms with Gasteiger partial charge < -0.3 is 20.1 Å². The van der Waals surface area contributed by atoms with Crippen LogP contribution in [0.1, 0.15) is 31.4 Å². The molecule has 5 nitrogen and oxygen atoms in total. The van der Waals surface area contributed by atoms with Gasteiger partial charge in [0.2, 0.25) is 0 Å². The lowest BCUT2D eigenvalue weighted by molar-refractivity contribution is -0.121. The maximum absolute atomic E-state index is 12.0. The van der Waals surface area contributed by atoms with Crippen LogP contribution >= 0.6 is 0 Å². The van der Waals surface area contributed by atoms with Gasteiger partial charge in [0.15, 0.2) is 6.61 Å². The quantitative estimate of drug-likeness (QED) is 0.862. The molecule has 0 radical (unpaired) electrons. The van der Waals surface area contributed by atoms with E-state index in [1.165, 1.54) is 0 Å². The number of rotatable bonds is 6. The van der Waals surface area contributed by atoms with Gasteiger partial charge in [0.1, 0.15) is 5.75 Å². The summed E-state index contributed by atoms with van der Waals surface area (Å²) in [5, 5.41) is 0. The van der Waals surface area contributed by atoms with Gasteiger partial charge in [-0.25, -0.2) is 0 Å². The van der Waals surface area contributed by atoms with E-state index in [4.69, 9.17) is 15.2 Å². The Hall–Kier alpha value is -1.59. The number of carbonyl (C=O) groups is 1. The van der Waals surface area contributed by atoms with Crippen molar-refractivity contribution in [2.75, 3.05) is 31.8 Å². The van der Waals surface area contributed by atoms with Crippen molar-refractivity contribution in [3.63, 3.8) is 0 Å². The number of fused-ring (bicyclic) bond motifs is 1. The number of anilines is 1. The number of ether oxygens (including phenoxy) is 2. The van der Waals surface area contributed by atoms with Crippen LogP contribution in [-0.4, -0.2) is 32.8 Å². The van der Waals surface area contributed by atoms with Crippen molar-refractivity contribution in [2.45, 2.75) is 25.8 Å². The fourth-order valence-electron chi connectivity index (χ4n) is 2.29. The Bertz CT molecular complexity index is 476. The predicted octanol–water partition coefficient (Wildman–Crippen LogP) is 1.86. The summed E-state index contributed by atoms with van der Waals surface area (Å²) < 4.78 is 10.6. The molecular formula is C15H22N2O3. The summed E-state index contributed by atoms with van der Waals surface area (Å²) in [4.78, 5) is 13.8. The van der Waals surface area contributed by atoms with E-state index >= 15 is 0 Å². The van der Waals surface area contributed by atoms with E-state index in [9.17, 15) is 4.79 Å². The first-order chi connectivity index (χ1) is 9.67. The monoisotopic (exact) mass is 278 g/mol. The van der Waals surface area contributed by atoms with Crippen LogP contribution in [0.15, 0.2) is 18.2 Å². The molecule has 0 spiro atoms. The Kier molecular flexibility index (Phi) is 4.98. The highest BCUT2D eigenvalue weighted by Crippen LogP contribution is 2.34.